The number of carbonyl (C=O) groups is 1. The van der Waals surface area contributed by atoms with Crippen molar-refractivity contribution in [3.05, 3.63) is 73.3 Å². The first-order valence-corrected chi connectivity index (χ1v) is 13.7. The number of ether oxygens (including phenoxy) is 1. The number of thiazole rings is 1. The molecule has 1 amide bonds. The highest BCUT2D eigenvalue weighted by molar-refractivity contribution is 7.89. The number of hydrogen-bond acceptors (Lipinski definition) is 7. The molecule has 3 aromatic rings. The molecule has 0 atom stereocenters. The van der Waals surface area contributed by atoms with Crippen molar-refractivity contribution in [2.75, 3.05) is 52.3 Å². The van der Waals surface area contributed by atoms with E-state index in [1.807, 2.05) is 32.3 Å². The van der Waals surface area contributed by atoms with Crippen LogP contribution in [0.4, 0.5) is 5.13 Å². The predicted octanol–water partition coefficient (Wildman–Crippen LogP) is 4.27. The van der Waals surface area contributed by atoms with Gasteiger partial charge in [-0.05, 0) is 63.5 Å². The Bertz CT molecular complexity index is 1310. The number of amides is 1. The highest BCUT2D eigenvalue weighted by Gasteiger charge is 2.25. The van der Waals surface area contributed by atoms with Gasteiger partial charge in [-0.15, -0.1) is 13.2 Å². The number of benzene rings is 2. The second-order valence-electron chi connectivity index (χ2n) is 8.37. The monoisotopic (exact) mass is 528 g/mol. The lowest BCUT2D eigenvalue weighted by atomic mass is 10.2. The molecule has 10 heteroatoms. The first kappa shape index (κ1) is 27.5. The Hall–Kier alpha value is -3.05. The predicted molar refractivity (Wildman–Crippen MR) is 147 cm³/mol. The fourth-order valence-corrected chi connectivity index (χ4v) is 5.95. The van der Waals surface area contributed by atoms with Gasteiger partial charge in [0.05, 0.1) is 22.2 Å². The normalized spacial score (nSPS) is 11.7. The summed E-state index contributed by atoms with van der Waals surface area (Å²) in [4.78, 5) is 22.1. The Kier molecular flexibility index (Phi) is 9.38. The number of anilines is 1. The van der Waals surface area contributed by atoms with Gasteiger partial charge in [-0.1, -0.05) is 23.5 Å². The molecule has 3 rings (SSSR count). The molecule has 2 aromatic carbocycles. The SMILES string of the molecule is C=CCN(CC=C)S(=O)(=O)c1ccc(C(=O)N(CCCN(C)C)c2nc3cc(OC)ccc3s2)cc1. The van der Waals surface area contributed by atoms with Gasteiger partial charge < -0.3 is 9.64 Å². The third kappa shape index (κ3) is 6.38. The summed E-state index contributed by atoms with van der Waals surface area (Å²) in [5.41, 5.74) is 1.14. The minimum absolute atomic E-state index is 0.106. The molecule has 1 aromatic heterocycles. The van der Waals surface area contributed by atoms with Crippen molar-refractivity contribution in [1.82, 2.24) is 14.2 Å². The second kappa shape index (κ2) is 12.3. The van der Waals surface area contributed by atoms with Crippen LogP contribution in [0.5, 0.6) is 5.75 Å². The number of methoxy groups -OCH3 is 1. The molecule has 0 saturated heterocycles. The van der Waals surface area contributed by atoms with E-state index >= 15 is 0 Å². The molecular weight excluding hydrogens is 496 g/mol. The summed E-state index contributed by atoms with van der Waals surface area (Å²) >= 11 is 1.43. The lowest BCUT2D eigenvalue weighted by molar-refractivity contribution is 0.0986. The number of hydrogen-bond donors (Lipinski definition) is 0. The molecule has 0 aliphatic heterocycles. The highest BCUT2D eigenvalue weighted by atomic mass is 32.2. The topological polar surface area (TPSA) is 83.1 Å². The van der Waals surface area contributed by atoms with Crippen LogP contribution >= 0.6 is 11.3 Å². The van der Waals surface area contributed by atoms with Crippen LogP contribution in [0.1, 0.15) is 16.8 Å². The summed E-state index contributed by atoms with van der Waals surface area (Å²) in [6.07, 6.45) is 3.80. The van der Waals surface area contributed by atoms with E-state index in [9.17, 15) is 13.2 Å². The molecule has 1 heterocycles. The van der Waals surface area contributed by atoms with Crippen molar-refractivity contribution in [3.63, 3.8) is 0 Å². The van der Waals surface area contributed by atoms with E-state index in [1.165, 1.54) is 39.9 Å². The van der Waals surface area contributed by atoms with Crippen LogP contribution in [-0.4, -0.2) is 75.9 Å². The van der Waals surface area contributed by atoms with E-state index < -0.39 is 10.0 Å². The van der Waals surface area contributed by atoms with E-state index in [4.69, 9.17) is 9.72 Å². The number of aromatic nitrogens is 1. The molecular formula is C26H32N4O4S2. The lowest BCUT2D eigenvalue weighted by Crippen LogP contribution is -2.33. The van der Waals surface area contributed by atoms with Gasteiger partial charge in [-0.3, -0.25) is 9.69 Å². The maximum atomic E-state index is 13.6. The molecule has 8 nitrogen and oxygen atoms in total. The fraction of sp³-hybridized carbons (Fsp3) is 0.308. The number of rotatable bonds is 13. The lowest BCUT2D eigenvalue weighted by Gasteiger charge is -2.22. The summed E-state index contributed by atoms with van der Waals surface area (Å²) in [5, 5.41) is 0.585. The molecule has 0 spiro atoms. The molecule has 0 aliphatic carbocycles. The zero-order valence-electron chi connectivity index (χ0n) is 20.9. The van der Waals surface area contributed by atoms with Gasteiger partial charge in [0.15, 0.2) is 5.13 Å². The van der Waals surface area contributed by atoms with Crippen LogP contribution in [0.25, 0.3) is 10.2 Å². The Balaban J connectivity index is 1.92. The second-order valence-corrected chi connectivity index (χ2v) is 11.3. The van der Waals surface area contributed by atoms with Gasteiger partial charge in [0, 0.05) is 31.3 Å². The van der Waals surface area contributed by atoms with Crippen LogP contribution in [0.3, 0.4) is 0 Å². The minimum atomic E-state index is -3.75. The van der Waals surface area contributed by atoms with E-state index in [1.54, 1.807) is 24.1 Å². The third-order valence-electron chi connectivity index (χ3n) is 5.45. The van der Waals surface area contributed by atoms with Gasteiger partial charge in [-0.2, -0.15) is 4.31 Å². The van der Waals surface area contributed by atoms with Crippen LogP contribution in [0.15, 0.2) is 72.7 Å². The third-order valence-corrected chi connectivity index (χ3v) is 8.36. The van der Waals surface area contributed by atoms with Gasteiger partial charge in [0.25, 0.3) is 5.91 Å². The zero-order chi connectivity index (χ0) is 26.3. The summed E-state index contributed by atoms with van der Waals surface area (Å²) in [7, 11) is 1.82. The van der Waals surface area contributed by atoms with Crippen LogP contribution in [-0.2, 0) is 10.0 Å². The Morgan fingerprint density at radius 1 is 1.06 bits per heavy atom. The van der Waals surface area contributed by atoms with E-state index in [0.717, 1.165) is 23.2 Å². The molecule has 192 valence electrons. The van der Waals surface area contributed by atoms with E-state index in [-0.39, 0.29) is 23.9 Å². The van der Waals surface area contributed by atoms with Gasteiger partial charge >= 0.3 is 0 Å². The van der Waals surface area contributed by atoms with Gasteiger partial charge in [-0.25, -0.2) is 13.4 Å². The zero-order valence-corrected chi connectivity index (χ0v) is 22.5. The van der Waals surface area contributed by atoms with Gasteiger partial charge in [0.1, 0.15) is 5.75 Å². The van der Waals surface area contributed by atoms with Gasteiger partial charge in [0.2, 0.25) is 10.0 Å². The smallest absolute Gasteiger partial charge is 0.260 e. The van der Waals surface area contributed by atoms with Crippen molar-refractivity contribution >= 4 is 42.6 Å². The quantitative estimate of drug-likeness (QED) is 0.308. The summed E-state index contributed by atoms with van der Waals surface area (Å²) < 4.78 is 33.6. The maximum Gasteiger partial charge on any atom is 0.260 e. The maximum absolute atomic E-state index is 13.6. The molecule has 0 fully saturated rings. The van der Waals surface area contributed by atoms with E-state index in [2.05, 4.69) is 18.1 Å². The molecule has 0 aliphatic rings. The average molecular weight is 529 g/mol. The number of carbonyl (C=O) groups excluding carboxylic acids is 1. The van der Waals surface area contributed by atoms with Crippen LogP contribution in [0, 0.1) is 0 Å². The van der Waals surface area contributed by atoms with Crippen LogP contribution in [0.2, 0.25) is 0 Å². The minimum Gasteiger partial charge on any atom is -0.497 e. The molecule has 0 saturated carbocycles. The van der Waals surface area contributed by atoms with Crippen molar-refractivity contribution < 1.29 is 17.9 Å². The van der Waals surface area contributed by atoms with Crippen LogP contribution < -0.4 is 9.64 Å². The van der Waals surface area contributed by atoms with Crippen molar-refractivity contribution in [1.29, 1.82) is 0 Å². The Morgan fingerprint density at radius 2 is 1.72 bits per heavy atom. The van der Waals surface area contributed by atoms with Crippen molar-refractivity contribution in [2.24, 2.45) is 0 Å². The van der Waals surface area contributed by atoms with Crippen molar-refractivity contribution in [3.8, 4) is 5.75 Å². The molecule has 36 heavy (non-hydrogen) atoms. The molecule has 0 N–H and O–H groups in total. The highest BCUT2D eigenvalue weighted by Crippen LogP contribution is 2.32. The first-order valence-electron chi connectivity index (χ1n) is 11.4. The standard InChI is InChI=1S/C26H32N4O4S2/c1-6-15-29(16-7-2)36(32,33)22-12-9-20(10-13-22)25(31)30(18-8-17-28(3)4)26-27-23-19-21(34-5)11-14-24(23)35-26/h6-7,9-14,19H,1-2,8,15-18H2,3-5H3. The Morgan fingerprint density at radius 3 is 2.31 bits per heavy atom. The number of fused-ring (bicyclic) bond motifs is 1. The summed E-state index contributed by atoms with van der Waals surface area (Å²) in [5.74, 6) is 0.460. The summed E-state index contributed by atoms with van der Waals surface area (Å²) in [6, 6.07) is 11.6. The first-order chi connectivity index (χ1) is 17.2. The summed E-state index contributed by atoms with van der Waals surface area (Å²) in [6.45, 7) is 8.87. The molecule has 0 bridgehead atoms. The largest absolute Gasteiger partial charge is 0.497 e. The number of sulfonamides is 1. The Labute approximate surface area is 217 Å². The molecule has 0 unspecified atom stereocenters. The fourth-order valence-electron chi connectivity index (χ4n) is 3.60. The average Bonchev–Trinajstić information content (AvgIpc) is 3.29. The van der Waals surface area contributed by atoms with E-state index in [0.29, 0.717) is 23.0 Å². The molecule has 0 radical (unpaired) electrons. The van der Waals surface area contributed by atoms with Crippen molar-refractivity contribution in [2.45, 2.75) is 11.3 Å². The number of nitrogens with zero attached hydrogens (tertiary/aromatic N) is 4.